The Morgan fingerprint density at radius 1 is 1.56 bits per heavy atom. The van der Waals surface area contributed by atoms with Crippen molar-refractivity contribution in [3.05, 3.63) is 30.1 Å². The molecule has 0 amide bonds. The number of carbonyl (C=O) groups is 1. The largest absolute Gasteiger partial charge is 0.480 e. The molecule has 1 aliphatic rings. The Balaban J connectivity index is 1.93. The van der Waals surface area contributed by atoms with Gasteiger partial charge in [0.05, 0.1) is 0 Å². The molecule has 0 aliphatic carbocycles. The van der Waals surface area contributed by atoms with Gasteiger partial charge in [0, 0.05) is 11.9 Å². The van der Waals surface area contributed by atoms with Crippen LogP contribution in [0.15, 0.2) is 24.4 Å². The van der Waals surface area contributed by atoms with E-state index in [2.05, 4.69) is 4.98 Å². The Labute approximate surface area is 108 Å². The zero-order valence-corrected chi connectivity index (χ0v) is 10.8. The second-order valence-electron chi connectivity index (χ2n) is 5.04. The summed E-state index contributed by atoms with van der Waals surface area (Å²) in [6, 6.07) is 5.86. The number of rotatable bonds is 5. The van der Waals surface area contributed by atoms with E-state index in [0.717, 1.165) is 37.9 Å². The van der Waals surface area contributed by atoms with Crippen LogP contribution in [0.4, 0.5) is 0 Å². The highest BCUT2D eigenvalue weighted by Gasteiger charge is 2.44. The van der Waals surface area contributed by atoms with Gasteiger partial charge in [-0.2, -0.15) is 0 Å². The monoisotopic (exact) mass is 248 g/mol. The number of aliphatic carboxylic acids is 1. The number of likely N-dealkylation sites (tertiary alicyclic amines) is 1. The molecule has 1 saturated heterocycles. The number of likely N-dealkylation sites (N-methyl/N-ethyl adjacent to an activating group) is 1. The van der Waals surface area contributed by atoms with Gasteiger partial charge in [-0.05, 0) is 57.8 Å². The van der Waals surface area contributed by atoms with E-state index in [1.165, 1.54) is 0 Å². The fourth-order valence-electron chi connectivity index (χ4n) is 2.81. The molecule has 4 nitrogen and oxygen atoms in total. The molecular formula is C14H20N2O2. The van der Waals surface area contributed by atoms with Gasteiger partial charge < -0.3 is 5.11 Å². The van der Waals surface area contributed by atoms with E-state index in [1.54, 1.807) is 6.20 Å². The summed E-state index contributed by atoms with van der Waals surface area (Å²) in [7, 11) is 1.92. The number of hydrogen-bond donors (Lipinski definition) is 1. The molecule has 0 bridgehead atoms. The number of carboxylic acid groups (broad SMARTS) is 1. The van der Waals surface area contributed by atoms with E-state index in [-0.39, 0.29) is 0 Å². The van der Waals surface area contributed by atoms with Crippen LogP contribution in [0, 0.1) is 0 Å². The van der Waals surface area contributed by atoms with Crippen LogP contribution in [0.3, 0.4) is 0 Å². The van der Waals surface area contributed by atoms with Gasteiger partial charge in [-0.15, -0.1) is 0 Å². The molecule has 18 heavy (non-hydrogen) atoms. The minimum absolute atomic E-state index is 0.644. The van der Waals surface area contributed by atoms with Crippen LogP contribution in [-0.4, -0.2) is 40.1 Å². The first-order valence-corrected chi connectivity index (χ1v) is 6.50. The molecule has 1 fully saturated rings. The Bertz CT molecular complexity index is 408. The molecule has 1 aliphatic heterocycles. The van der Waals surface area contributed by atoms with Crippen molar-refractivity contribution in [1.29, 1.82) is 0 Å². The summed E-state index contributed by atoms with van der Waals surface area (Å²) in [5.41, 5.74) is 0.396. The molecule has 1 N–H and O–H groups in total. The lowest BCUT2D eigenvalue weighted by atomic mass is 9.89. The maximum atomic E-state index is 11.5. The molecule has 1 atom stereocenters. The first-order valence-electron chi connectivity index (χ1n) is 6.50. The first-order chi connectivity index (χ1) is 8.65. The van der Waals surface area contributed by atoms with E-state index >= 15 is 0 Å². The smallest absolute Gasteiger partial charge is 0.324 e. The average molecular weight is 248 g/mol. The van der Waals surface area contributed by atoms with E-state index in [4.69, 9.17) is 0 Å². The van der Waals surface area contributed by atoms with Gasteiger partial charge in [0.15, 0.2) is 0 Å². The van der Waals surface area contributed by atoms with Gasteiger partial charge in [0.2, 0.25) is 0 Å². The van der Waals surface area contributed by atoms with Crippen molar-refractivity contribution in [1.82, 2.24) is 9.88 Å². The molecule has 1 aromatic heterocycles. The molecule has 98 valence electrons. The van der Waals surface area contributed by atoms with Crippen molar-refractivity contribution >= 4 is 5.97 Å². The number of aryl methyl sites for hydroxylation is 1. The van der Waals surface area contributed by atoms with Crippen LogP contribution >= 0.6 is 0 Å². The Kier molecular flexibility index (Phi) is 3.97. The van der Waals surface area contributed by atoms with E-state index in [1.807, 2.05) is 30.1 Å². The van der Waals surface area contributed by atoms with Gasteiger partial charge in [0.25, 0.3) is 0 Å². The molecule has 0 spiro atoms. The SMILES string of the molecule is CN1CCCC1(CCCc1ccccn1)C(=O)O. The fraction of sp³-hybridized carbons (Fsp3) is 0.571. The summed E-state index contributed by atoms with van der Waals surface area (Å²) < 4.78 is 0. The van der Waals surface area contributed by atoms with Crippen molar-refractivity contribution in [2.45, 2.75) is 37.6 Å². The van der Waals surface area contributed by atoms with E-state index in [9.17, 15) is 9.90 Å². The molecule has 0 aromatic carbocycles. The Morgan fingerprint density at radius 2 is 2.39 bits per heavy atom. The molecule has 0 radical (unpaired) electrons. The van der Waals surface area contributed by atoms with Crippen molar-refractivity contribution in [3.8, 4) is 0 Å². The lowest BCUT2D eigenvalue weighted by molar-refractivity contribution is -0.149. The average Bonchev–Trinajstić information content (AvgIpc) is 2.73. The number of hydrogen-bond acceptors (Lipinski definition) is 3. The second kappa shape index (κ2) is 5.48. The molecule has 2 rings (SSSR count). The zero-order valence-electron chi connectivity index (χ0n) is 10.8. The third kappa shape index (κ3) is 2.53. The number of nitrogens with zero attached hydrogens (tertiary/aromatic N) is 2. The lowest BCUT2D eigenvalue weighted by Gasteiger charge is -2.31. The van der Waals surface area contributed by atoms with E-state index in [0.29, 0.717) is 6.42 Å². The van der Waals surface area contributed by atoms with Crippen molar-refractivity contribution < 1.29 is 9.90 Å². The number of aromatic nitrogens is 1. The predicted octanol–water partition coefficient (Wildman–Crippen LogP) is 1.95. The number of pyridine rings is 1. The summed E-state index contributed by atoms with van der Waals surface area (Å²) >= 11 is 0. The summed E-state index contributed by atoms with van der Waals surface area (Å²) in [6.45, 7) is 0.885. The molecule has 4 heteroatoms. The summed E-state index contributed by atoms with van der Waals surface area (Å²) in [4.78, 5) is 17.8. The van der Waals surface area contributed by atoms with Gasteiger partial charge in [-0.3, -0.25) is 14.7 Å². The Hall–Kier alpha value is -1.42. The maximum absolute atomic E-state index is 11.5. The highest BCUT2D eigenvalue weighted by molar-refractivity contribution is 5.79. The van der Waals surface area contributed by atoms with Gasteiger partial charge in [-0.1, -0.05) is 6.07 Å². The van der Waals surface area contributed by atoms with Gasteiger partial charge >= 0.3 is 5.97 Å². The normalized spacial score (nSPS) is 24.3. The van der Waals surface area contributed by atoms with Gasteiger partial charge in [-0.25, -0.2) is 0 Å². The quantitative estimate of drug-likeness (QED) is 0.865. The predicted molar refractivity (Wildman–Crippen MR) is 69.4 cm³/mol. The molecule has 1 unspecified atom stereocenters. The van der Waals surface area contributed by atoms with Crippen LogP contribution in [0.1, 0.15) is 31.4 Å². The first kappa shape index (κ1) is 13.0. The van der Waals surface area contributed by atoms with Crippen LogP contribution < -0.4 is 0 Å². The minimum atomic E-state index is -0.677. The molecule has 0 saturated carbocycles. The third-order valence-corrected chi connectivity index (χ3v) is 3.96. The summed E-state index contributed by atoms with van der Waals surface area (Å²) in [5, 5.41) is 9.47. The van der Waals surface area contributed by atoms with E-state index < -0.39 is 11.5 Å². The highest BCUT2D eigenvalue weighted by atomic mass is 16.4. The summed E-state index contributed by atoms with van der Waals surface area (Å²) in [5.74, 6) is -0.677. The van der Waals surface area contributed by atoms with Crippen LogP contribution in [0.25, 0.3) is 0 Å². The van der Waals surface area contributed by atoms with Crippen LogP contribution in [0.2, 0.25) is 0 Å². The highest BCUT2D eigenvalue weighted by Crippen LogP contribution is 2.32. The molecular weight excluding hydrogens is 228 g/mol. The number of carboxylic acids is 1. The summed E-state index contributed by atoms with van der Waals surface area (Å²) in [6.07, 6.45) is 5.95. The standard InChI is InChI=1S/C14H20N2O2/c1-16-11-5-9-14(16,13(17)18)8-4-7-12-6-2-3-10-15-12/h2-3,6,10H,4-5,7-9,11H2,1H3,(H,17,18). The third-order valence-electron chi connectivity index (χ3n) is 3.96. The molecule has 2 heterocycles. The van der Waals surface area contributed by atoms with Crippen molar-refractivity contribution in [3.63, 3.8) is 0 Å². The Morgan fingerprint density at radius 3 is 2.94 bits per heavy atom. The zero-order chi connectivity index (χ0) is 13.0. The van der Waals surface area contributed by atoms with Crippen LogP contribution in [0.5, 0.6) is 0 Å². The van der Waals surface area contributed by atoms with Gasteiger partial charge in [0.1, 0.15) is 5.54 Å². The van der Waals surface area contributed by atoms with Crippen LogP contribution in [-0.2, 0) is 11.2 Å². The minimum Gasteiger partial charge on any atom is -0.480 e. The fourth-order valence-corrected chi connectivity index (χ4v) is 2.81. The van der Waals surface area contributed by atoms with Crippen molar-refractivity contribution in [2.24, 2.45) is 0 Å². The molecule has 1 aromatic rings. The maximum Gasteiger partial charge on any atom is 0.324 e. The van der Waals surface area contributed by atoms with Crippen molar-refractivity contribution in [2.75, 3.05) is 13.6 Å². The second-order valence-corrected chi connectivity index (χ2v) is 5.04. The topological polar surface area (TPSA) is 53.4 Å². The lowest BCUT2D eigenvalue weighted by Crippen LogP contribution is -2.48.